The minimum absolute atomic E-state index is 0.130. The van der Waals surface area contributed by atoms with Crippen LogP contribution in [-0.4, -0.2) is 36.2 Å². The Morgan fingerprint density at radius 3 is 2.67 bits per heavy atom. The SMILES string of the molecule is CN(C)c1ccc(/C=N/NC(=O)CCc2nc3ccccc3[nH]c2=O)cc1. The Morgan fingerprint density at radius 2 is 1.93 bits per heavy atom. The topological polar surface area (TPSA) is 90.4 Å². The van der Waals surface area contributed by atoms with E-state index >= 15 is 0 Å². The van der Waals surface area contributed by atoms with Crippen molar-refractivity contribution in [3.63, 3.8) is 0 Å². The first kappa shape index (κ1) is 18.3. The molecule has 0 aliphatic carbocycles. The Morgan fingerprint density at radius 1 is 1.19 bits per heavy atom. The number of benzene rings is 2. The third-order valence-corrected chi connectivity index (χ3v) is 4.07. The molecule has 0 spiro atoms. The zero-order valence-corrected chi connectivity index (χ0v) is 15.3. The lowest BCUT2D eigenvalue weighted by molar-refractivity contribution is -0.121. The Kier molecular flexibility index (Phi) is 5.61. The summed E-state index contributed by atoms with van der Waals surface area (Å²) in [6, 6.07) is 15.1. The smallest absolute Gasteiger partial charge is 0.270 e. The molecule has 138 valence electrons. The molecule has 7 heteroatoms. The van der Waals surface area contributed by atoms with Crippen LogP contribution in [0.4, 0.5) is 5.69 Å². The van der Waals surface area contributed by atoms with E-state index in [1.807, 2.05) is 61.5 Å². The fourth-order valence-electron chi connectivity index (χ4n) is 2.56. The number of fused-ring (bicyclic) bond motifs is 1. The monoisotopic (exact) mass is 363 g/mol. The van der Waals surface area contributed by atoms with Crippen molar-refractivity contribution in [3.05, 3.63) is 70.1 Å². The third kappa shape index (κ3) is 4.78. The fourth-order valence-corrected chi connectivity index (χ4v) is 2.56. The second-order valence-electron chi connectivity index (χ2n) is 6.31. The number of para-hydroxylation sites is 2. The van der Waals surface area contributed by atoms with Gasteiger partial charge in [0.25, 0.3) is 5.56 Å². The summed E-state index contributed by atoms with van der Waals surface area (Å²) >= 11 is 0. The van der Waals surface area contributed by atoms with Crippen LogP contribution in [-0.2, 0) is 11.2 Å². The number of hydrogen-bond acceptors (Lipinski definition) is 5. The van der Waals surface area contributed by atoms with E-state index in [1.165, 1.54) is 0 Å². The van der Waals surface area contributed by atoms with Gasteiger partial charge < -0.3 is 9.88 Å². The first-order chi connectivity index (χ1) is 13.0. The number of hydrogen-bond donors (Lipinski definition) is 2. The zero-order chi connectivity index (χ0) is 19.2. The van der Waals surface area contributed by atoms with Gasteiger partial charge in [-0.15, -0.1) is 0 Å². The second-order valence-corrected chi connectivity index (χ2v) is 6.31. The summed E-state index contributed by atoms with van der Waals surface area (Å²) in [6.07, 6.45) is 1.96. The Hall–Kier alpha value is -3.48. The van der Waals surface area contributed by atoms with Gasteiger partial charge in [-0.25, -0.2) is 10.4 Å². The Balaban J connectivity index is 1.55. The number of H-pyrrole nitrogens is 1. The predicted octanol–water partition coefficient (Wildman–Crippen LogP) is 2.07. The van der Waals surface area contributed by atoms with Gasteiger partial charge >= 0.3 is 0 Å². The maximum atomic E-state index is 12.0. The average Bonchev–Trinajstić information content (AvgIpc) is 2.66. The molecule has 0 saturated heterocycles. The molecule has 3 rings (SSSR count). The van der Waals surface area contributed by atoms with Crippen LogP contribution >= 0.6 is 0 Å². The summed E-state index contributed by atoms with van der Waals surface area (Å²) in [5.41, 5.74) is 5.90. The fraction of sp³-hybridized carbons (Fsp3) is 0.200. The van der Waals surface area contributed by atoms with Crippen LogP contribution in [0.5, 0.6) is 0 Å². The highest BCUT2D eigenvalue weighted by molar-refractivity contribution is 5.83. The van der Waals surface area contributed by atoms with Crippen LogP contribution in [0.1, 0.15) is 17.7 Å². The standard InChI is InChI=1S/C20H21N5O2/c1-25(2)15-9-7-14(8-10-15)13-21-24-19(26)12-11-18-20(27)23-17-6-4-3-5-16(17)22-18/h3-10,13H,11-12H2,1-2H3,(H,23,27)(H,24,26)/b21-13+. The normalized spacial score (nSPS) is 11.0. The van der Waals surface area contributed by atoms with Crippen molar-refractivity contribution < 1.29 is 4.79 Å². The lowest BCUT2D eigenvalue weighted by atomic mass is 10.2. The number of carbonyl (C=O) groups is 1. The molecule has 0 aliphatic heterocycles. The lowest BCUT2D eigenvalue weighted by Gasteiger charge is -2.11. The number of carbonyl (C=O) groups excluding carboxylic acids is 1. The summed E-state index contributed by atoms with van der Waals surface area (Å²) in [7, 11) is 3.94. The molecule has 0 aliphatic rings. The molecule has 0 fully saturated rings. The number of aromatic nitrogens is 2. The molecule has 1 heterocycles. The van der Waals surface area contributed by atoms with Crippen molar-refractivity contribution >= 4 is 28.8 Å². The summed E-state index contributed by atoms with van der Waals surface area (Å²) < 4.78 is 0. The quantitative estimate of drug-likeness (QED) is 0.518. The van der Waals surface area contributed by atoms with Gasteiger partial charge in [0.15, 0.2) is 0 Å². The van der Waals surface area contributed by atoms with E-state index in [9.17, 15) is 9.59 Å². The molecule has 0 bridgehead atoms. The summed E-state index contributed by atoms with van der Waals surface area (Å²) in [5, 5.41) is 3.96. The molecule has 0 radical (unpaired) electrons. The van der Waals surface area contributed by atoms with Crippen molar-refractivity contribution in [3.8, 4) is 0 Å². The minimum Gasteiger partial charge on any atom is -0.378 e. The first-order valence-electron chi connectivity index (χ1n) is 8.60. The highest BCUT2D eigenvalue weighted by Gasteiger charge is 2.07. The second kappa shape index (κ2) is 8.27. The number of hydrazone groups is 1. The van der Waals surface area contributed by atoms with Crippen molar-refractivity contribution in [1.82, 2.24) is 15.4 Å². The molecule has 2 aromatic carbocycles. The summed E-state index contributed by atoms with van der Waals surface area (Å²) in [4.78, 5) is 33.1. The van der Waals surface area contributed by atoms with E-state index in [1.54, 1.807) is 12.3 Å². The molecular weight excluding hydrogens is 342 g/mol. The molecule has 3 aromatic rings. The van der Waals surface area contributed by atoms with Crippen LogP contribution in [0, 0.1) is 0 Å². The number of nitrogens with one attached hydrogen (secondary N) is 2. The largest absolute Gasteiger partial charge is 0.378 e. The first-order valence-corrected chi connectivity index (χ1v) is 8.60. The van der Waals surface area contributed by atoms with E-state index in [2.05, 4.69) is 20.5 Å². The molecule has 27 heavy (non-hydrogen) atoms. The van der Waals surface area contributed by atoms with E-state index in [4.69, 9.17) is 0 Å². The van der Waals surface area contributed by atoms with Crippen LogP contribution in [0.3, 0.4) is 0 Å². The number of amides is 1. The highest BCUT2D eigenvalue weighted by atomic mass is 16.2. The molecule has 0 unspecified atom stereocenters. The lowest BCUT2D eigenvalue weighted by Crippen LogP contribution is -2.21. The van der Waals surface area contributed by atoms with Crippen LogP contribution in [0.15, 0.2) is 58.4 Å². The number of nitrogens with zero attached hydrogens (tertiary/aromatic N) is 3. The van der Waals surface area contributed by atoms with Crippen LogP contribution in [0.25, 0.3) is 11.0 Å². The number of aryl methyl sites for hydroxylation is 1. The van der Waals surface area contributed by atoms with Gasteiger partial charge in [-0.3, -0.25) is 9.59 Å². The van der Waals surface area contributed by atoms with Gasteiger partial charge in [-0.1, -0.05) is 24.3 Å². The van der Waals surface area contributed by atoms with E-state index in [0.29, 0.717) is 16.7 Å². The predicted molar refractivity (Wildman–Crippen MR) is 107 cm³/mol. The zero-order valence-electron chi connectivity index (χ0n) is 15.3. The van der Waals surface area contributed by atoms with Crippen molar-refractivity contribution in [1.29, 1.82) is 0 Å². The minimum atomic E-state index is -0.273. The van der Waals surface area contributed by atoms with Gasteiger partial charge in [0, 0.05) is 32.6 Å². The molecule has 7 nitrogen and oxygen atoms in total. The number of anilines is 1. The molecule has 0 saturated carbocycles. The van der Waals surface area contributed by atoms with Crippen molar-refractivity contribution in [2.75, 3.05) is 19.0 Å². The van der Waals surface area contributed by atoms with E-state index < -0.39 is 0 Å². The maximum absolute atomic E-state index is 12.0. The molecule has 1 aromatic heterocycles. The third-order valence-electron chi connectivity index (χ3n) is 4.07. The molecule has 2 N–H and O–H groups in total. The summed E-state index contributed by atoms with van der Waals surface area (Å²) in [5.74, 6) is -0.273. The van der Waals surface area contributed by atoms with Gasteiger partial charge in [0.2, 0.25) is 5.91 Å². The maximum Gasteiger partial charge on any atom is 0.270 e. The highest BCUT2D eigenvalue weighted by Crippen LogP contribution is 2.11. The average molecular weight is 363 g/mol. The van der Waals surface area contributed by atoms with E-state index in [-0.39, 0.29) is 24.3 Å². The van der Waals surface area contributed by atoms with Gasteiger partial charge in [0.05, 0.1) is 17.2 Å². The Labute approximate surface area is 156 Å². The van der Waals surface area contributed by atoms with Crippen LogP contribution in [0.2, 0.25) is 0 Å². The van der Waals surface area contributed by atoms with Gasteiger partial charge in [-0.05, 0) is 29.8 Å². The van der Waals surface area contributed by atoms with Crippen LogP contribution < -0.4 is 15.9 Å². The van der Waals surface area contributed by atoms with E-state index in [0.717, 1.165) is 11.3 Å². The summed E-state index contributed by atoms with van der Waals surface area (Å²) in [6.45, 7) is 0. The number of aromatic amines is 1. The number of rotatable bonds is 6. The van der Waals surface area contributed by atoms with Gasteiger partial charge in [-0.2, -0.15) is 5.10 Å². The Bertz CT molecular complexity index is 1020. The molecular formula is C20H21N5O2. The molecule has 1 amide bonds. The molecule has 0 atom stereocenters. The van der Waals surface area contributed by atoms with Crippen molar-refractivity contribution in [2.24, 2.45) is 5.10 Å². The van der Waals surface area contributed by atoms with Crippen molar-refractivity contribution in [2.45, 2.75) is 12.8 Å². The van der Waals surface area contributed by atoms with Gasteiger partial charge in [0.1, 0.15) is 5.69 Å².